The van der Waals surface area contributed by atoms with Crippen LogP contribution in [0.5, 0.6) is 0 Å². The van der Waals surface area contributed by atoms with Gasteiger partial charge in [0.15, 0.2) is 0 Å². The van der Waals surface area contributed by atoms with Crippen LogP contribution in [0.2, 0.25) is 0 Å². The van der Waals surface area contributed by atoms with Gasteiger partial charge in [-0.15, -0.1) is 0 Å². The number of nitrogens with zero attached hydrogens (tertiary/aromatic N) is 4. The van der Waals surface area contributed by atoms with Crippen molar-refractivity contribution >= 4 is 6.03 Å². The van der Waals surface area contributed by atoms with E-state index in [1.54, 1.807) is 18.6 Å². The average Bonchev–Trinajstić information content (AvgIpc) is 3.20. The molecule has 0 saturated carbocycles. The Morgan fingerprint density at radius 3 is 2.71 bits per heavy atom. The lowest BCUT2D eigenvalue weighted by atomic mass is 10.2. The summed E-state index contributed by atoms with van der Waals surface area (Å²) < 4.78 is 1.35. The van der Waals surface area contributed by atoms with Gasteiger partial charge in [0.1, 0.15) is 0 Å². The van der Waals surface area contributed by atoms with E-state index in [2.05, 4.69) is 20.3 Å². The number of likely N-dealkylation sites (tertiary alicyclic amines) is 1. The Labute approximate surface area is 123 Å². The molecule has 21 heavy (non-hydrogen) atoms. The van der Waals surface area contributed by atoms with Crippen molar-refractivity contribution in [1.29, 1.82) is 0 Å². The zero-order chi connectivity index (χ0) is 14.5. The number of carbonyl (C=O) groups excluding carboxylic acids is 1. The number of hydrogen-bond acceptors (Lipinski definition) is 4. The highest BCUT2D eigenvalue weighted by atomic mass is 16.2. The normalized spacial score (nSPS) is 15.2. The lowest BCUT2D eigenvalue weighted by Gasteiger charge is -2.14. The number of amides is 1. The van der Waals surface area contributed by atoms with Gasteiger partial charge < -0.3 is 10.2 Å². The molecule has 2 aromatic heterocycles. The molecule has 2 aromatic rings. The summed E-state index contributed by atoms with van der Waals surface area (Å²) in [6.45, 7) is 3.85. The SMILES string of the molecule is O=C(NCCN1CCCC1)n1ccc(-c2ccncc2)n1. The summed E-state index contributed by atoms with van der Waals surface area (Å²) >= 11 is 0. The Bertz CT molecular complexity index is 589. The summed E-state index contributed by atoms with van der Waals surface area (Å²) in [7, 11) is 0. The number of rotatable bonds is 4. The van der Waals surface area contributed by atoms with Crippen molar-refractivity contribution in [3.05, 3.63) is 36.8 Å². The fourth-order valence-electron chi connectivity index (χ4n) is 2.52. The summed E-state index contributed by atoms with van der Waals surface area (Å²) in [6.07, 6.45) is 7.64. The first kappa shape index (κ1) is 13.8. The van der Waals surface area contributed by atoms with E-state index in [0.29, 0.717) is 6.54 Å². The molecule has 0 atom stereocenters. The lowest BCUT2D eigenvalue weighted by molar-refractivity contribution is 0.237. The van der Waals surface area contributed by atoms with Crippen LogP contribution in [-0.4, -0.2) is 51.9 Å². The minimum Gasteiger partial charge on any atom is -0.335 e. The van der Waals surface area contributed by atoms with Gasteiger partial charge in [0.25, 0.3) is 0 Å². The largest absolute Gasteiger partial charge is 0.342 e. The fraction of sp³-hybridized carbons (Fsp3) is 0.400. The predicted octanol–water partition coefficient (Wildman–Crippen LogP) is 1.60. The molecule has 0 bridgehead atoms. The highest BCUT2D eigenvalue weighted by molar-refractivity contribution is 5.76. The topological polar surface area (TPSA) is 63.1 Å². The van der Waals surface area contributed by atoms with Gasteiger partial charge in [-0.05, 0) is 44.1 Å². The second-order valence-electron chi connectivity index (χ2n) is 5.16. The summed E-state index contributed by atoms with van der Waals surface area (Å²) in [4.78, 5) is 18.4. The summed E-state index contributed by atoms with van der Waals surface area (Å²) in [5.74, 6) is 0. The number of pyridine rings is 1. The molecule has 1 aliphatic rings. The molecule has 0 spiro atoms. The van der Waals surface area contributed by atoms with E-state index in [1.807, 2.05) is 18.2 Å². The Balaban J connectivity index is 1.54. The van der Waals surface area contributed by atoms with Crippen LogP contribution in [0.15, 0.2) is 36.8 Å². The van der Waals surface area contributed by atoms with E-state index >= 15 is 0 Å². The smallest absolute Gasteiger partial charge is 0.335 e. The molecule has 1 amide bonds. The van der Waals surface area contributed by atoms with Gasteiger partial charge in [-0.1, -0.05) is 0 Å². The highest BCUT2D eigenvalue weighted by Gasteiger charge is 2.12. The molecule has 0 aromatic carbocycles. The molecule has 3 rings (SSSR count). The monoisotopic (exact) mass is 285 g/mol. The van der Waals surface area contributed by atoms with Crippen molar-refractivity contribution in [2.24, 2.45) is 0 Å². The molecule has 110 valence electrons. The van der Waals surface area contributed by atoms with Crippen LogP contribution < -0.4 is 5.32 Å². The second kappa shape index (κ2) is 6.49. The Kier molecular flexibility index (Phi) is 4.25. The van der Waals surface area contributed by atoms with E-state index < -0.39 is 0 Å². The Hall–Kier alpha value is -2.21. The molecule has 1 saturated heterocycles. The third-order valence-corrected chi connectivity index (χ3v) is 3.68. The first-order chi connectivity index (χ1) is 10.3. The van der Waals surface area contributed by atoms with Crippen LogP contribution in [-0.2, 0) is 0 Å². The zero-order valence-corrected chi connectivity index (χ0v) is 11.9. The first-order valence-electron chi connectivity index (χ1n) is 7.29. The maximum absolute atomic E-state index is 12.0. The van der Waals surface area contributed by atoms with Crippen molar-refractivity contribution in [3.8, 4) is 11.3 Å². The predicted molar refractivity (Wildman–Crippen MR) is 79.9 cm³/mol. The number of carbonyl (C=O) groups is 1. The van der Waals surface area contributed by atoms with Crippen LogP contribution in [0.1, 0.15) is 12.8 Å². The number of hydrogen-bond donors (Lipinski definition) is 1. The van der Waals surface area contributed by atoms with Gasteiger partial charge in [0, 0.05) is 37.2 Å². The van der Waals surface area contributed by atoms with E-state index in [9.17, 15) is 4.79 Å². The maximum Gasteiger partial charge on any atom is 0.342 e. The van der Waals surface area contributed by atoms with Gasteiger partial charge in [0.2, 0.25) is 0 Å². The minimum atomic E-state index is -0.186. The van der Waals surface area contributed by atoms with Crippen LogP contribution in [0.3, 0.4) is 0 Å². The van der Waals surface area contributed by atoms with Crippen molar-refractivity contribution in [2.75, 3.05) is 26.2 Å². The minimum absolute atomic E-state index is 0.186. The molecule has 0 aliphatic carbocycles. The molecule has 1 fully saturated rings. The maximum atomic E-state index is 12.0. The van der Waals surface area contributed by atoms with Crippen LogP contribution in [0, 0.1) is 0 Å². The molecule has 0 unspecified atom stereocenters. The van der Waals surface area contributed by atoms with Gasteiger partial charge in [-0.2, -0.15) is 9.78 Å². The summed E-state index contributed by atoms with van der Waals surface area (Å²) in [5.41, 5.74) is 1.72. The molecule has 1 aliphatic heterocycles. The van der Waals surface area contributed by atoms with Gasteiger partial charge >= 0.3 is 6.03 Å². The highest BCUT2D eigenvalue weighted by Crippen LogP contribution is 2.14. The molecular formula is C15H19N5O. The third kappa shape index (κ3) is 3.46. The average molecular weight is 285 g/mol. The first-order valence-corrected chi connectivity index (χ1v) is 7.29. The van der Waals surface area contributed by atoms with Crippen molar-refractivity contribution in [1.82, 2.24) is 25.0 Å². The van der Waals surface area contributed by atoms with E-state index in [0.717, 1.165) is 30.9 Å². The zero-order valence-electron chi connectivity index (χ0n) is 11.9. The molecule has 6 nitrogen and oxygen atoms in total. The van der Waals surface area contributed by atoms with Crippen LogP contribution in [0.4, 0.5) is 4.79 Å². The second-order valence-corrected chi connectivity index (χ2v) is 5.16. The summed E-state index contributed by atoms with van der Waals surface area (Å²) in [6, 6.07) is 5.39. The van der Waals surface area contributed by atoms with Crippen molar-refractivity contribution < 1.29 is 4.79 Å². The lowest BCUT2D eigenvalue weighted by Crippen LogP contribution is -2.36. The van der Waals surface area contributed by atoms with E-state index in [1.165, 1.54) is 17.5 Å². The number of nitrogens with one attached hydrogen (secondary N) is 1. The third-order valence-electron chi connectivity index (χ3n) is 3.68. The van der Waals surface area contributed by atoms with Crippen molar-refractivity contribution in [2.45, 2.75) is 12.8 Å². The van der Waals surface area contributed by atoms with Crippen LogP contribution >= 0.6 is 0 Å². The molecule has 6 heteroatoms. The summed E-state index contributed by atoms with van der Waals surface area (Å²) in [5, 5.41) is 7.19. The Morgan fingerprint density at radius 2 is 1.95 bits per heavy atom. The molecule has 3 heterocycles. The van der Waals surface area contributed by atoms with E-state index in [4.69, 9.17) is 0 Å². The standard InChI is InChI=1S/C15H19N5O/c21-15(17-8-12-19-9-1-2-10-19)20-11-5-14(18-20)13-3-6-16-7-4-13/h3-7,11H,1-2,8-10,12H2,(H,17,21). The molecular weight excluding hydrogens is 266 g/mol. The van der Waals surface area contributed by atoms with Gasteiger partial charge in [-0.25, -0.2) is 4.79 Å². The Morgan fingerprint density at radius 1 is 1.19 bits per heavy atom. The quantitative estimate of drug-likeness (QED) is 0.927. The van der Waals surface area contributed by atoms with Gasteiger partial charge in [-0.3, -0.25) is 4.98 Å². The van der Waals surface area contributed by atoms with Crippen LogP contribution in [0.25, 0.3) is 11.3 Å². The van der Waals surface area contributed by atoms with Crippen molar-refractivity contribution in [3.63, 3.8) is 0 Å². The van der Waals surface area contributed by atoms with Gasteiger partial charge in [0.05, 0.1) is 5.69 Å². The van der Waals surface area contributed by atoms with E-state index in [-0.39, 0.29) is 6.03 Å². The molecule has 1 N–H and O–H groups in total. The fourth-order valence-corrected chi connectivity index (χ4v) is 2.52. The molecule has 0 radical (unpaired) electrons. The number of aromatic nitrogens is 3.